The number of hydrogen-bond acceptors (Lipinski definition) is 3. The molecule has 1 saturated heterocycles. The zero-order valence-electron chi connectivity index (χ0n) is 13.7. The van der Waals surface area contributed by atoms with E-state index in [1.165, 1.54) is 6.20 Å². The molecule has 2 heterocycles. The van der Waals surface area contributed by atoms with Crippen molar-refractivity contribution in [2.45, 2.75) is 32.2 Å². The lowest BCUT2D eigenvalue weighted by Gasteiger charge is -2.32. The van der Waals surface area contributed by atoms with E-state index in [9.17, 15) is 9.59 Å². The predicted molar refractivity (Wildman–Crippen MR) is 89.2 cm³/mol. The number of benzene rings is 1. The van der Waals surface area contributed by atoms with Gasteiger partial charge in [0.25, 0.3) is 5.91 Å². The van der Waals surface area contributed by atoms with E-state index in [0.29, 0.717) is 13.1 Å². The van der Waals surface area contributed by atoms with E-state index in [1.807, 2.05) is 29.2 Å². The van der Waals surface area contributed by atoms with Crippen molar-refractivity contribution in [2.24, 2.45) is 0 Å². The Kier molecular flexibility index (Phi) is 4.64. The number of hydrogen-bond donors (Lipinski definition) is 1. The van der Waals surface area contributed by atoms with Gasteiger partial charge in [-0.05, 0) is 30.9 Å². The van der Waals surface area contributed by atoms with Crippen molar-refractivity contribution in [3.63, 3.8) is 0 Å². The first-order chi connectivity index (χ1) is 11.6. The number of aryl methyl sites for hydroxylation is 1. The number of piperidine rings is 1. The normalized spacial score (nSPS) is 15.5. The first-order valence-electron chi connectivity index (χ1n) is 8.24. The third-order valence-electron chi connectivity index (χ3n) is 4.60. The van der Waals surface area contributed by atoms with Gasteiger partial charge in [0.15, 0.2) is 0 Å². The maximum Gasteiger partial charge on any atom is 0.338 e. The highest BCUT2D eigenvalue weighted by molar-refractivity contribution is 5.95. The van der Waals surface area contributed by atoms with Crippen LogP contribution in [0.1, 0.15) is 52.1 Å². The maximum absolute atomic E-state index is 12.7. The Morgan fingerprint density at radius 3 is 2.58 bits per heavy atom. The lowest BCUT2D eigenvalue weighted by atomic mass is 10.0. The van der Waals surface area contributed by atoms with E-state index in [1.54, 1.807) is 10.9 Å². The summed E-state index contributed by atoms with van der Waals surface area (Å²) in [6, 6.07) is 7.89. The van der Waals surface area contributed by atoms with E-state index < -0.39 is 5.97 Å². The molecular weight excluding hydrogens is 306 g/mol. The van der Waals surface area contributed by atoms with Crippen LogP contribution in [-0.4, -0.2) is 44.8 Å². The van der Waals surface area contributed by atoms with Crippen LogP contribution in [0, 0.1) is 0 Å². The summed E-state index contributed by atoms with van der Waals surface area (Å²) >= 11 is 0. The number of aromatic carboxylic acids is 1. The Morgan fingerprint density at radius 1 is 1.25 bits per heavy atom. The van der Waals surface area contributed by atoms with Gasteiger partial charge in [0, 0.05) is 24.8 Å². The fourth-order valence-electron chi connectivity index (χ4n) is 3.19. The molecule has 0 bridgehead atoms. The summed E-state index contributed by atoms with van der Waals surface area (Å²) in [5.41, 5.74) is 2.05. The Bertz CT molecular complexity index is 745. The Labute approximate surface area is 140 Å². The molecule has 0 radical (unpaired) electrons. The minimum Gasteiger partial charge on any atom is -0.478 e. The average molecular weight is 327 g/mol. The highest BCUT2D eigenvalue weighted by Gasteiger charge is 2.26. The van der Waals surface area contributed by atoms with E-state index in [4.69, 9.17) is 5.11 Å². The molecule has 1 amide bonds. The van der Waals surface area contributed by atoms with Gasteiger partial charge in [-0.25, -0.2) is 4.79 Å². The van der Waals surface area contributed by atoms with E-state index in [0.717, 1.165) is 30.4 Å². The largest absolute Gasteiger partial charge is 0.478 e. The van der Waals surface area contributed by atoms with Crippen molar-refractivity contribution in [3.8, 4) is 0 Å². The first-order valence-corrected chi connectivity index (χ1v) is 8.24. The topological polar surface area (TPSA) is 75.4 Å². The number of carboxylic acids is 1. The van der Waals surface area contributed by atoms with Crippen LogP contribution in [0.25, 0.3) is 0 Å². The summed E-state index contributed by atoms with van der Waals surface area (Å²) in [6.45, 7) is 3.36. The third kappa shape index (κ3) is 3.18. The summed E-state index contributed by atoms with van der Waals surface area (Å²) in [4.78, 5) is 25.6. The van der Waals surface area contributed by atoms with Gasteiger partial charge in [-0.15, -0.1) is 0 Å². The van der Waals surface area contributed by atoms with Crippen molar-refractivity contribution >= 4 is 11.9 Å². The first kappa shape index (κ1) is 16.2. The van der Waals surface area contributed by atoms with E-state index in [2.05, 4.69) is 12.0 Å². The molecule has 1 aliphatic heterocycles. The van der Waals surface area contributed by atoms with Gasteiger partial charge < -0.3 is 10.0 Å². The standard InChI is InChI=1S/C18H21N3O3/c1-2-13-5-3-4-6-16(13)17(22)20-9-7-15(8-10-20)21-12-14(11-19-21)18(23)24/h3-6,11-12,15H,2,7-10H2,1H3,(H,23,24). The molecule has 6 nitrogen and oxygen atoms in total. The van der Waals surface area contributed by atoms with Crippen LogP contribution in [0.4, 0.5) is 0 Å². The predicted octanol–water partition coefficient (Wildman–Crippen LogP) is 2.62. The minimum atomic E-state index is -0.968. The smallest absolute Gasteiger partial charge is 0.338 e. The number of amides is 1. The molecule has 3 rings (SSSR count). The highest BCUT2D eigenvalue weighted by Crippen LogP contribution is 2.24. The molecule has 126 valence electrons. The molecule has 0 unspecified atom stereocenters. The molecule has 1 fully saturated rings. The molecule has 1 N–H and O–H groups in total. The Morgan fingerprint density at radius 2 is 1.96 bits per heavy atom. The van der Waals surface area contributed by atoms with Gasteiger partial charge in [-0.1, -0.05) is 25.1 Å². The molecule has 0 spiro atoms. The fourth-order valence-corrected chi connectivity index (χ4v) is 3.19. The lowest BCUT2D eigenvalue weighted by molar-refractivity contribution is 0.0687. The summed E-state index contributed by atoms with van der Waals surface area (Å²) in [7, 11) is 0. The number of carbonyl (C=O) groups is 2. The number of nitrogens with zero attached hydrogens (tertiary/aromatic N) is 3. The molecule has 6 heteroatoms. The average Bonchev–Trinajstić information content (AvgIpc) is 3.11. The molecule has 0 aliphatic carbocycles. The minimum absolute atomic E-state index is 0.0811. The molecule has 24 heavy (non-hydrogen) atoms. The van der Waals surface area contributed by atoms with Crippen LogP contribution < -0.4 is 0 Å². The van der Waals surface area contributed by atoms with Crippen molar-refractivity contribution < 1.29 is 14.7 Å². The summed E-state index contributed by atoms with van der Waals surface area (Å²) in [6.07, 6.45) is 5.33. The monoisotopic (exact) mass is 327 g/mol. The molecule has 1 aromatic heterocycles. The van der Waals surface area contributed by atoms with Gasteiger partial charge in [0.1, 0.15) is 0 Å². The SMILES string of the molecule is CCc1ccccc1C(=O)N1CCC(n2cc(C(=O)O)cn2)CC1. The number of carboxylic acid groups (broad SMARTS) is 1. The second kappa shape index (κ2) is 6.86. The molecule has 1 aliphatic rings. The third-order valence-corrected chi connectivity index (χ3v) is 4.60. The van der Waals surface area contributed by atoms with Crippen LogP contribution in [0.5, 0.6) is 0 Å². The molecule has 1 aromatic carbocycles. The van der Waals surface area contributed by atoms with Crippen molar-refractivity contribution in [1.82, 2.24) is 14.7 Å². The zero-order chi connectivity index (χ0) is 17.1. The van der Waals surface area contributed by atoms with Crippen LogP contribution in [0.15, 0.2) is 36.7 Å². The van der Waals surface area contributed by atoms with Crippen molar-refractivity contribution in [2.75, 3.05) is 13.1 Å². The molecule has 0 saturated carbocycles. The summed E-state index contributed by atoms with van der Waals surface area (Å²) < 4.78 is 1.71. The second-order valence-corrected chi connectivity index (χ2v) is 6.05. The Hall–Kier alpha value is -2.63. The maximum atomic E-state index is 12.7. The number of rotatable bonds is 4. The number of carbonyl (C=O) groups excluding carboxylic acids is 1. The second-order valence-electron chi connectivity index (χ2n) is 6.05. The molecular formula is C18H21N3O3. The van der Waals surface area contributed by atoms with Gasteiger partial charge >= 0.3 is 5.97 Å². The van der Waals surface area contributed by atoms with Gasteiger partial charge in [0.2, 0.25) is 0 Å². The fraction of sp³-hybridized carbons (Fsp3) is 0.389. The Balaban J connectivity index is 1.66. The van der Waals surface area contributed by atoms with Crippen LogP contribution in [-0.2, 0) is 6.42 Å². The van der Waals surface area contributed by atoms with Gasteiger partial charge in [0.05, 0.1) is 17.8 Å². The molecule has 2 aromatic rings. The lowest BCUT2D eigenvalue weighted by Crippen LogP contribution is -2.39. The van der Waals surface area contributed by atoms with Gasteiger partial charge in [-0.2, -0.15) is 5.10 Å². The van der Waals surface area contributed by atoms with Crippen molar-refractivity contribution in [1.29, 1.82) is 0 Å². The van der Waals surface area contributed by atoms with E-state index >= 15 is 0 Å². The van der Waals surface area contributed by atoms with Crippen LogP contribution >= 0.6 is 0 Å². The number of aromatic nitrogens is 2. The summed E-state index contributed by atoms with van der Waals surface area (Å²) in [5, 5.41) is 13.1. The van der Waals surface area contributed by atoms with Crippen LogP contribution in [0.3, 0.4) is 0 Å². The number of likely N-dealkylation sites (tertiary alicyclic amines) is 1. The quantitative estimate of drug-likeness (QED) is 0.936. The van der Waals surface area contributed by atoms with Crippen molar-refractivity contribution in [3.05, 3.63) is 53.3 Å². The van der Waals surface area contributed by atoms with Gasteiger partial charge in [-0.3, -0.25) is 9.48 Å². The molecule has 0 atom stereocenters. The highest BCUT2D eigenvalue weighted by atomic mass is 16.4. The zero-order valence-corrected chi connectivity index (χ0v) is 13.7. The summed E-state index contributed by atoms with van der Waals surface area (Å²) in [5.74, 6) is -0.886. The van der Waals surface area contributed by atoms with Crippen LogP contribution in [0.2, 0.25) is 0 Å². The van der Waals surface area contributed by atoms with E-state index in [-0.39, 0.29) is 17.5 Å².